The zero-order chi connectivity index (χ0) is 13.8. The molecule has 1 aliphatic carbocycles. The van der Waals surface area contributed by atoms with Crippen LogP contribution in [0, 0.1) is 5.92 Å². The van der Waals surface area contributed by atoms with Crippen LogP contribution >= 0.6 is 0 Å². The van der Waals surface area contributed by atoms with Crippen LogP contribution in [0.2, 0.25) is 0 Å². The lowest BCUT2D eigenvalue weighted by Gasteiger charge is -2.31. The van der Waals surface area contributed by atoms with Crippen molar-refractivity contribution in [3.63, 3.8) is 0 Å². The summed E-state index contributed by atoms with van der Waals surface area (Å²) in [6.45, 7) is 3.75. The van der Waals surface area contributed by atoms with Gasteiger partial charge in [0.15, 0.2) is 0 Å². The van der Waals surface area contributed by atoms with Crippen molar-refractivity contribution in [3.8, 4) is 0 Å². The van der Waals surface area contributed by atoms with Crippen LogP contribution in [0.15, 0.2) is 24.3 Å². The molecule has 1 unspecified atom stereocenters. The van der Waals surface area contributed by atoms with Crippen LogP contribution in [0.3, 0.4) is 0 Å². The average molecular weight is 263 g/mol. The van der Waals surface area contributed by atoms with E-state index in [2.05, 4.69) is 11.8 Å². The molecule has 0 aromatic heterocycles. The number of methoxy groups -OCH3 is 1. The molecule has 0 aliphatic heterocycles. The maximum Gasteiger partial charge on any atom is 0.335 e. The molecule has 0 radical (unpaired) electrons. The van der Waals surface area contributed by atoms with Crippen LogP contribution in [0.1, 0.15) is 30.1 Å². The third-order valence-corrected chi connectivity index (χ3v) is 3.78. The molecule has 1 saturated carbocycles. The van der Waals surface area contributed by atoms with E-state index in [1.807, 2.05) is 12.1 Å². The van der Waals surface area contributed by atoms with Crippen LogP contribution in [0.25, 0.3) is 0 Å². The summed E-state index contributed by atoms with van der Waals surface area (Å²) >= 11 is 0. The molecule has 0 amide bonds. The molecule has 0 heterocycles. The highest BCUT2D eigenvalue weighted by atomic mass is 16.5. The Labute approximate surface area is 114 Å². The van der Waals surface area contributed by atoms with Gasteiger partial charge in [0.2, 0.25) is 0 Å². The van der Waals surface area contributed by atoms with Crippen molar-refractivity contribution in [1.29, 1.82) is 0 Å². The van der Waals surface area contributed by atoms with Gasteiger partial charge in [0, 0.05) is 25.4 Å². The van der Waals surface area contributed by atoms with Crippen molar-refractivity contribution < 1.29 is 14.6 Å². The monoisotopic (exact) mass is 263 g/mol. The number of rotatable bonds is 7. The highest BCUT2D eigenvalue weighted by molar-refractivity contribution is 5.88. The summed E-state index contributed by atoms with van der Waals surface area (Å²) in [5, 5.41) is 8.93. The molecular weight excluding hydrogens is 242 g/mol. The molecule has 1 fully saturated rings. The van der Waals surface area contributed by atoms with E-state index in [1.165, 1.54) is 12.8 Å². The molecule has 1 N–H and O–H groups in total. The number of carbonyl (C=O) groups is 1. The highest BCUT2D eigenvalue weighted by Crippen LogP contribution is 2.36. The second-order valence-electron chi connectivity index (χ2n) is 5.12. The lowest BCUT2D eigenvalue weighted by molar-refractivity contribution is 0.0697. The van der Waals surface area contributed by atoms with E-state index in [0.29, 0.717) is 18.2 Å². The number of carboxylic acid groups (broad SMARTS) is 1. The van der Waals surface area contributed by atoms with E-state index >= 15 is 0 Å². The van der Waals surface area contributed by atoms with E-state index in [1.54, 1.807) is 19.2 Å². The van der Waals surface area contributed by atoms with Gasteiger partial charge in [-0.05, 0) is 49.9 Å². The van der Waals surface area contributed by atoms with Gasteiger partial charge >= 0.3 is 5.97 Å². The summed E-state index contributed by atoms with van der Waals surface area (Å²) in [5.74, 6) is -0.124. The zero-order valence-corrected chi connectivity index (χ0v) is 11.5. The number of ether oxygens (including phenoxy) is 1. The van der Waals surface area contributed by atoms with E-state index in [0.717, 1.165) is 18.2 Å². The summed E-state index contributed by atoms with van der Waals surface area (Å²) in [6.07, 6.45) is 2.58. The van der Waals surface area contributed by atoms with E-state index < -0.39 is 5.97 Å². The van der Waals surface area contributed by atoms with E-state index in [-0.39, 0.29) is 0 Å². The van der Waals surface area contributed by atoms with Crippen molar-refractivity contribution >= 4 is 11.7 Å². The van der Waals surface area contributed by atoms with Gasteiger partial charge in [-0.15, -0.1) is 0 Å². The van der Waals surface area contributed by atoms with Crippen molar-refractivity contribution in [2.24, 2.45) is 5.92 Å². The van der Waals surface area contributed by atoms with Crippen LogP contribution < -0.4 is 4.90 Å². The Balaban J connectivity index is 2.13. The van der Waals surface area contributed by atoms with Crippen molar-refractivity contribution in [1.82, 2.24) is 0 Å². The Bertz CT molecular complexity index is 426. The molecule has 1 aromatic rings. The molecule has 19 heavy (non-hydrogen) atoms. The summed E-state index contributed by atoms with van der Waals surface area (Å²) in [6, 6.07) is 7.58. The molecule has 1 aliphatic rings. The predicted octanol–water partition coefficient (Wildman–Crippen LogP) is 2.64. The molecule has 1 atom stereocenters. The molecule has 104 valence electrons. The predicted molar refractivity (Wildman–Crippen MR) is 74.8 cm³/mol. The smallest absolute Gasteiger partial charge is 0.335 e. The molecule has 4 heteroatoms. The van der Waals surface area contributed by atoms with Crippen molar-refractivity contribution in [2.75, 3.05) is 25.2 Å². The molecule has 1 aromatic carbocycles. The summed E-state index contributed by atoms with van der Waals surface area (Å²) in [4.78, 5) is 13.2. The molecule has 0 saturated heterocycles. The molecule has 2 rings (SSSR count). The standard InChI is InChI=1S/C15H21NO3/c1-11(12-3-4-12)16(9-10-19-2)14-7-5-13(6-8-14)15(17)18/h5-8,11-12H,3-4,9-10H2,1-2H3,(H,17,18). The normalized spacial score (nSPS) is 16.1. The minimum Gasteiger partial charge on any atom is -0.478 e. The highest BCUT2D eigenvalue weighted by Gasteiger charge is 2.32. The Morgan fingerprint density at radius 3 is 2.53 bits per heavy atom. The Morgan fingerprint density at radius 2 is 2.05 bits per heavy atom. The molecule has 4 nitrogen and oxygen atoms in total. The van der Waals surface area contributed by atoms with Gasteiger partial charge in [-0.2, -0.15) is 0 Å². The Hall–Kier alpha value is -1.55. The lowest BCUT2D eigenvalue weighted by atomic mass is 10.1. The quantitative estimate of drug-likeness (QED) is 0.821. The number of hydrogen-bond donors (Lipinski definition) is 1. The number of benzene rings is 1. The van der Waals surface area contributed by atoms with Gasteiger partial charge in [0.1, 0.15) is 0 Å². The summed E-state index contributed by atoms with van der Waals surface area (Å²) in [7, 11) is 1.70. The summed E-state index contributed by atoms with van der Waals surface area (Å²) < 4.78 is 5.17. The zero-order valence-electron chi connectivity index (χ0n) is 11.5. The lowest BCUT2D eigenvalue weighted by Crippen LogP contribution is -2.37. The first-order chi connectivity index (χ1) is 9.13. The van der Waals surface area contributed by atoms with Crippen molar-refractivity contribution in [2.45, 2.75) is 25.8 Å². The van der Waals surface area contributed by atoms with Crippen molar-refractivity contribution in [3.05, 3.63) is 29.8 Å². The number of hydrogen-bond acceptors (Lipinski definition) is 3. The van der Waals surface area contributed by atoms with Gasteiger partial charge < -0.3 is 14.7 Å². The number of aromatic carboxylic acids is 1. The number of nitrogens with zero attached hydrogens (tertiary/aromatic N) is 1. The maximum atomic E-state index is 10.9. The first-order valence-corrected chi connectivity index (χ1v) is 6.72. The SMILES string of the molecule is COCCN(c1ccc(C(=O)O)cc1)C(C)C1CC1. The topological polar surface area (TPSA) is 49.8 Å². The molecular formula is C15H21NO3. The number of anilines is 1. The average Bonchev–Trinajstić information content (AvgIpc) is 3.23. The fraction of sp³-hybridized carbons (Fsp3) is 0.533. The maximum absolute atomic E-state index is 10.9. The van der Waals surface area contributed by atoms with Crippen LogP contribution in [-0.4, -0.2) is 37.4 Å². The van der Waals surface area contributed by atoms with Gasteiger partial charge in [0.05, 0.1) is 12.2 Å². The van der Waals surface area contributed by atoms with Crippen LogP contribution in [-0.2, 0) is 4.74 Å². The van der Waals surface area contributed by atoms with Gasteiger partial charge in [-0.3, -0.25) is 0 Å². The fourth-order valence-corrected chi connectivity index (χ4v) is 2.39. The van der Waals surface area contributed by atoms with E-state index in [4.69, 9.17) is 9.84 Å². The van der Waals surface area contributed by atoms with Crippen LogP contribution in [0.4, 0.5) is 5.69 Å². The number of carboxylic acids is 1. The van der Waals surface area contributed by atoms with E-state index in [9.17, 15) is 4.79 Å². The largest absolute Gasteiger partial charge is 0.478 e. The third kappa shape index (κ3) is 3.47. The molecule has 0 bridgehead atoms. The fourth-order valence-electron chi connectivity index (χ4n) is 2.39. The van der Waals surface area contributed by atoms with Gasteiger partial charge in [-0.1, -0.05) is 0 Å². The first kappa shape index (κ1) is 13.9. The second kappa shape index (κ2) is 6.06. The minimum absolute atomic E-state index is 0.328. The minimum atomic E-state index is -0.884. The third-order valence-electron chi connectivity index (χ3n) is 3.78. The Kier molecular flexibility index (Phi) is 4.43. The van der Waals surface area contributed by atoms with Crippen LogP contribution in [0.5, 0.6) is 0 Å². The van der Waals surface area contributed by atoms with Gasteiger partial charge in [-0.25, -0.2) is 4.79 Å². The van der Waals surface area contributed by atoms with Gasteiger partial charge in [0.25, 0.3) is 0 Å². The second-order valence-corrected chi connectivity index (χ2v) is 5.12. The molecule has 0 spiro atoms. The first-order valence-electron chi connectivity index (χ1n) is 6.72. The summed E-state index contributed by atoms with van der Waals surface area (Å²) in [5.41, 5.74) is 1.40. The Morgan fingerprint density at radius 1 is 1.42 bits per heavy atom.